The molecular weight excluding hydrogens is 512 g/mol. The van der Waals surface area contributed by atoms with Gasteiger partial charge < -0.3 is 14.6 Å². The van der Waals surface area contributed by atoms with Crippen LogP contribution < -0.4 is 10.0 Å². The van der Waals surface area contributed by atoms with Crippen molar-refractivity contribution in [2.45, 2.75) is 62.3 Å². The molecule has 2 aromatic carbocycles. The normalized spacial score (nSPS) is 20.2. The van der Waals surface area contributed by atoms with Crippen molar-refractivity contribution in [2.75, 3.05) is 11.9 Å². The summed E-state index contributed by atoms with van der Waals surface area (Å²) in [5.41, 5.74) is 5.53. The summed E-state index contributed by atoms with van der Waals surface area (Å²) in [6, 6.07) is 9.20. The first-order valence-electron chi connectivity index (χ1n) is 12.4. The molecule has 194 valence electrons. The number of nitrogens with zero attached hydrogens (tertiary/aromatic N) is 2. The molecule has 9 nitrogen and oxygen atoms in total. The molecule has 0 aromatic heterocycles. The van der Waals surface area contributed by atoms with E-state index in [0.717, 1.165) is 61.5 Å². The van der Waals surface area contributed by atoms with Crippen molar-refractivity contribution in [3.63, 3.8) is 0 Å². The van der Waals surface area contributed by atoms with Gasteiger partial charge in [-0.25, -0.2) is 8.42 Å². The number of amides is 1. The molecule has 1 fully saturated rings. The first-order valence-corrected chi connectivity index (χ1v) is 14.9. The topological polar surface area (TPSA) is 142 Å². The molecule has 2 aliphatic carbocycles. The minimum absolute atomic E-state index is 0.0114. The van der Waals surface area contributed by atoms with Gasteiger partial charge in [0.05, 0.1) is 22.1 Å². The van der Waals surface area contributed by atoms with Crippen molar-refractivity contribution in [1.82, 2.24) is 9.03 Å². The number of benzene rings is 2. The van der Waals surface area contributed by atoms with Crippen LogP contribution in [0.15, 0.2) is 47.0 Å². The lowest BCUT2D eigenvalue weighted by molar-refractivity contribution is -0.113. The van der Waals surface area contributed by atoms with Gasteiger partial charge in [-0.15, -0.1) is 0 Å². The van der Waals surface area contributed by atoms with Gasteiger partial charge in [-0.05, 0) is 85.8 Å². The Hall–Kier alpha value is -3.04. The summed E-state index contributed by atoms with van der Waals surface area (Å²) >= 11 is -2.69. The summed E-state index contributed by atoms with van der Waals surface area (Å²) in [6.45, 7) is 0.147. The van der Waals surface area contributed by atoms with Gasteiger partial charge in [-0.2, -0.15) is 9.57 Å². The molecule has 1 heterocycles. The van der Waals surface area contributed by atoms with Gasteiger partial charge in [-0.1, -0.05) is 18.2 Å². The van der Waals surface area contributed by atoms with Crippen molar-refractivity contribution in [1.29, 1.82) is 5.26 Å². The number of hydrogen-bond donors (Lipinski definition) is 2. The van der Waals surface area contributed by atoms with E-state index < -0.39 is 33.2 Å². The number of nitrogens with one attached hydrogen (secondary N) is 2. The van der Waals surface area contributed by atoms with Crippen LogP contribution in [0.25, 0.3) is 0 Å². The first-order chi connectivity index (χ1) is 17.8. The van der Waals surface area contributed by atoms with E-state index >= 15 is 0 Å². The van der Waals surface area contributed by atoms with Gasteiger partial charge in [0, 0.05) is 29.7 Å². The maximum Gasteiger partial charge on any atom is 0.254 e. The van der Waals surface area contributed by atoms with E-state index in [0.29, 0.717) is 12.8 Å². The zero-order valence-electron chi connectivity index (χ0n) is 20.2. The molecule has 37 heavy (non-hydrogen) atoms. The van der Waals surface area contributed by atoms with E-state index in [2.05, 4.69) is 16.1 Å². The highest BCUT2D eigenvalue weighted by Crippen LogP contribution is 2.39. The highest BCUT2D eigenvalue weighted by molar-refractivity contribution is 7.89. The molecule has 2 atom stereocenters. The molecule has 0 bridgehead atoms. The number of anilines is 1. The Morgan fingerprint density at radius 2 is 1.78 bits per heavy atom. The fraction of sp³-hybridized carbons (Fsp3) is 0.385. The zero-order chi connectivity index (χ0) is 26.2. The van der Waals surface area contributed by atoms with E-state index in [4.69, 9.17) is 0 Å². The lowest BCUT2D eigenvalue weighted by atomic mass is 9.98. The van der Waals surface area contributed by atoms with Crippen LogP contribution in [0.4, 0.5) is 5.69 Å². The van der Waals surface area contributed by atoms with E-state index in [9.17, 15) is 27.2 Å². The van der Waals surface area contributed by atoms with Crippen LogP contribution in [-0.2, 0) is 51.8 Å². The molecule has 1 saturated heterocycles. The number of sulfonamides is 1. The molecule has 0 radical (unpaired) electrons. The van der Waals surface area contributed by atoms with E-state index in [1.54, 1.807) is 12.1 Å². The van der Waals surface area contributed by atoms with Crippen molar-refractivity contribution in [2.24, 2.45) is 0 Å². The molecule has 0 spiro atoms. The van der Waals surface area contributed by atoms with Crippen LogP contribution in [0.3, 0.4) is 0 Å². The van der Waals surface area contributed by atoms with Crippen LogP contribution >= 0.6 is 0 Å². The monoisotopic (exact) mass is 539 g/mol. The van der Waals surface area contributed by atoms with Crippen molar-refractivity contribution in [3.05, 3.63) is 69.9 Å². The van der Waals surface area contributed by atoms with Gasteiger partial charge in [-0.3, -0.25) is 9.00 Å². The largest absolute Gasteiger partial charge is 0.755 e. The summed E-state index contributed by atoms with van der Waals surface area (Å²) in [5.74, 6) is -0.534. The molecule has 11 heteroatoms. The number of rotatable bonds is 7. The van der Waals surface area contributed by atoms with E-state index in [-0.39, 0.29) is 22.6 Å². The standard InChI is InChI=1S/C26H28N4O5S2/c27-15-19-6-1-2-12-24(19)37(34,35)30-13-5-11-23(30)22(16-28-36(32)33)26(31)29-25-20-9-3-7-17(20)14-18-8-4-10-21(18)25/h1-2,6,12,14,16,23,28H,3-5,7-11,13H2,(H,29,31)(H,32,33)/p-1. The Labute approximate surface area is 219 Å². The molecule has 0 saturated carbocycles. The van der Waals surface area contributed by atoms with E-state index in [1.165, 1.54) is 27.6 Å². The molecule has 2 unspecified atom stereocenters. The Morgan fingerprint density at radius 3 is 2.43 bits per heavy atom. The second-order valence-electron chi connectivity index (χ2n) is 9.52. The highest BCUT2D eigenvalue weighted by atomic mass is 32.2. The lowest BCUT2D eigenvalue weighted by Gasteiger charge is -2.27. The maximum absolute atomic E-state index is 13.7. The second-order valence-corrected chi connectivity index (χ2v) is 12.1. The van der Waals surface area contributed by atoms with Gasteiger partial charge in [0.2, 0.25) is 10.0 Å². The van der Waals surface area contributed by atoms with Crippen LogP contribution in [-0.4, -0.2) is 40.0 Å². The van der Waals surface area contributed by atoms with E-state index in [1.807, 2.05) is 6.07 Å². The molecule has 3 aliphatic rings. The predicted octanol–water partition coefficient (Wildman–Crippen LogP) is 2.60. The molecule has 1 aliphatic heterocycles. The summed E-state index contributed by atoms with van der Waals surface area (Å²) < 4.78 is 53.3. The molecular formula is C26H27N4O5S2-. The first kappa shape index (κ1) is 25.6. The third-order valence-electron chi connectivity index (χ3n) is 7.44. The third-order valence-corrected chi connectivity index (χ3v) is 9.72. The lowest BCUT2D eigenvalue weighted by Crippen LogP contribution is -2.40. The number of carbonyl (C=O) groups is 1. The third kappa shape index (κ3) is 4.82. The number of aryl methyl sites for hydroxylation is 2. The van der Waals surface area contributed by atoms with Crippen molar-refractivity contribution < 1.29 is 22.0 Å². The number of fused-ring (bicyclic) bond motifs is 2. The predicted molar refractivity (Wildman–Crippen MR) is 137 cm³/mol. The summed E-state index contributed by atoms with van der Waals surface area (Å²) in [7, 11) is -4.13. The fourth-order valence-corrected chi connectivity index (χ4v) is 7.87. The van der Waals surface area contributed by atoms with Crippen LogP contribution in [0, 0.1) is 11.3 Å². The SMILES string of the molecule is N#Cc1ccccc1S(=O)(=O)N1CCCC1C(=CNS(=O)[O-])C(=O)Nc1c2c(cc3c1CCC3)CCC2. The fourth-order valence-electron chi connectivity index (χ4n) is 5.83. The van der Waals surface area contributed by atoms with Crippen LogP contribution in [0.1, 0.15) is 53.5 Å². The maximum atomic E-state index is 13.7. The number of carbonyl (C=O) groups excluding carboxylic acids is 1. The summed E-state index contributed by atoms with van der Waals surface area (Å²) in [5, 5.41) is 12.5. The van der Waals surface area contributed by atoms with Crippen molar-refractivity contribution >= 4 is 32.9 Å². The van der Waals surface area contributed by atoms with Crippen LogP contribution in [0.2, 0.25) is 0 Å². The average Bonchev–Trinajstić information content (AvgIpc) is 3.64. The highest BCUT2D eigenvalue weighted by Gasteiger charge is 2.40. The van der Waals surface area contributed by atoms with Gasteiger partial charge in [0.25, 0.3) is 5.91 Å². The minimum atomic E-state index is -4.13. The molecule has 2 aromatic rings. The second kappa shape index (κ2) is 10.4. The van der Waals surface area contributed by atoms with Gasteiger partial charge in [0.1, 0.15) is 6.07 Å². The summed E-state index contributed by atoms with van der Waals surface area (Å²) in [4.78, 5) is 13.6. The quantitative estimate of drug-likeness (QED) is 0.409. The number of nitriles is 1. The average molecular weight is 540 g/mol. The Bertz CT molecular complexity index is 1430. The molecule has 1 amide bonds. The minimum Gasteiger partial charge on any atom is -0.755 e. The van der Waals surface area contributed by atoms with Gasteiger partial charge >= 0.3 is 0 Å². The number of hydrogen-bond acceptors (Lipinski definition) is 6. The Kier molecular flexibility index (Phi) is 7.18. The smallest absolute Gasteiger partial charge is 0.254 e. The Balaban J connectivity index is 1.52. The Morgan fingerprint density at radius 1 is 1.11 bits per heavy atom. The molecule has 2 N–H and O–H groups in total. The zero-order valence-corrected chi connectivity index (χ0v) is 21.8. The molecule has 5 rings (SSSR count). The van der Waals surface area contributed by atoms with Crippen molar-refractivity contribution in [3.8, 4) is 6.07 Å². The summed E-state index contributed by atoms with van der Waals surface area (Å²) in [6.07, 6.45) is 7.54. The van der Waals surface area contributed by atoms with Gasteiger partial charge in [0.15, 0.2) is 0 Å². The van der Waals surface area contributed by atoms with Crippen LogP contribution in [0.5, 0.6) is 0 Å².